The maximum Gasteiger partial charge on any atom is 0.328 e. The van der Waals surface area contributed by atoms with Crippen molar-refractivity contribution in [3.8, 4) is 0 Å². The van der Waals surface area contributed by atoms with Gasteiger partial charge in [-0.05, 0) is 35.9 Å². The molecule has 3 aromatic rings. The number of benzene rings is 2. The number of fused-ring (bicyclic) bond motifs is 1. The second kappa shape index (κ2) is 8.81. The highest BCUT2D eigenvalue weighted by Gasteiger charge is 2.37. The minimum atomic E-state index is -0.851. The summed E-state index contributed by atoms with van der Waals surface area (Å²) < 4.78 is 4.91. The Morgan fingerprint density at radius 2 is 1.97 bits per heavy atom. The Balaban J connectivity index is 1.47. The van der Waals surface area contributed by atoms with E-state index >= 15 is 0 Å². The Labute approximate surface area is 184 Å². The minimum absolute atomic E-state index is 0.0788. The van der Waals surface area contributed by atoms with Crippen molar-refractivity contribution in [1.82, 2.24) is 10.3 Å². The van der Waals surface area contributed by atoms with Crippen molar-refractivity contribution in [3.63, 3.8) is 0 Å². The number of ether oxygens (including phenoxy) is 1. The number of halogens is 1. The average molecular weight is 440 g/mol. The van der Waals surface area contributed by atoms with E-state index in [0.29, 0.717) is 10.7 Å². The molecule has 8 heteroatoms. The lowest BCUT2D eigenvalue weighted by Gasteiger charge is -2.19. The van der Waals surface area contributed by atoms with Crippen LogP contribution in [0, 0.1) is 5.92 Å². The van der Waals surface area contributed by atoms with E-state index in [1.807, 2.05) is 30.5 Å². The summed E-state index contributed by atoms with van der Waals surface area (Å²) in [7, 11) is 1.29. The molecular weight excluding hydrogens is 418 g/mol. The largest absolute Gasteiger partial charge is 0.467 e. The van der Waals surface area contributed by atoms with Gasteiger partial charge in [-0.3, -0.25) is 9.59 Å². The van der Waals surface area contributed by atoms with Crippen LogP contribution in [0.1, 0.15) is 12.0 Å². The van der Waals surface area contributed by atoms with Crippen molar-refractivity contribution in [2.75, 3.05) is 18.6 Å². The van der Waals surface area contributed by atoms with Crippen LogP contribution in [0.2, 0.25) is 5.02 Å². The Hall–Kier alpha value is -3.32. The number of anilines is 1. The third-order valence-electron chi connectivity index (χ3n) is 5.54. The molecule has 0 spiro atoms. The van der Waals surface area contributed by atoms with Crippen LogP contribution in [0.15, 0.2) is 54.7 Å². The SMILES string of the molecule is COC(=O)[C@H](Cc1c[nH]c2ccccc12)NC(=O)[C@H]1CC(=O)N(c2ccc(Cl)cc2)C1. The van der Waals surface area contributed by atoms with Gasteiger partial charge in [0.1, 0.15) is 6.04 Å². The second-order valence-corrected chi connectivity index (χ2v) is 7.97. The number of rotatable bonds is 6. The van der Waals surface area contributed by atoms with Gasteiger partial charge in [0.25, 0.3) is 0 Å². The van der Waals surface area contributed by atoms with Crippen molar-refractivity contribution in [2.45, 2.75) is 18.9 Å². The third kappa shape index (κ3) is 4.41. The number of methoxy groups -OCH3 is 1. The zero-order valence-electron chi connectivity index (χ0n) is 16.9. The lowest BCUT2D eigenvalue weighted by atomic mass is 10.0. The molecule has 4 rings (SSSR count). The molecule has 0 aliphatic carbocycles. The Bertz CT molecular complexity index is 1130. The number of aromatic amines is 1. The van der Waals surface area contributed by atoms with Crippen molar-refractivity contribution in [1.29, 1.82) is 0 Å². The van der Waals surface area contributed by atoms with Crippen molar-refractivity contribution >= 4 is 46.0 Å². The zero-order chi connectivity index (χ0) is 22.0. The fourth-order valence-electron chi connectivity index (χ4n) is 3.90. The van der Waals surface area contributed by atoms with E-state index < -0.39 is 17.9 Å². The Morgan fingerprint density at radius 1 is 1.23 bits per heavy atom. The molecule has 2 N–H and O–H groups in total. The highest BCUT2D eigenvalue weighted by molar-refractivity contribution is 6.30. The van der Waals surface area contributed by atoms with E-state index in [4.69, 9.17) is 16.3 Å². The monoisotopic (exact) mass is 439 g/mol. The predicted octanol–water partition coefficient (Wildman–Crippen LogP) is 3.07. The molecule has 0 unspecified atom stereocenters. The first kappa shape index (κ1) is 20.9. The van der Waals surface area contributed by atoms with Gasteiger partial charge in [-0.15, -0.1) is 0 Å². The maximum atomic E-state index is 12.9. The molecule has 160 valence electrons. The molecule has 0 radical (unpaired) electrons. The first-order valence-corrected chi connectivity index (χ1v) is 10.3. The van der Waals surface area contributed by atoms with E-state index in [1.54, 1.807) is 29.2 Å². The maximum absolute atomic E-state index is 12.9. The number of hydrogen-bond acceptors (Lipinski definition) is 4. The summed E-state index contributed by atoms with van der Waals surface area (Å²) in [5.41, 5.74) is 2.54. The minimum Gasteiger partial charge on any atom is -0.467 e. The highest BCUT2D eigenvalue weighted by atomic mass is 35.5. The number of nitrogens with zero attached hydrogens (tertiary/aromatic N) is 1. The summed E-state index contributed by atoms with van der Waals surface area (Å²) in [5.74, 6) is -1.58. The molecule has 1 aromatic heterocycles. The fourth-order valence-corrected chi connectivity index (χ4v) is 4.03. The van der Waals surface area contributed by atoms with Crippen LogP contribution in [0.3, 0.4) is 0 Å². The highest BCUT2D eigenvalue weighted by Crippen LogP contribution is 2.27. The molecule has 1 saturated heterocycles. The quantitative estimate of drug-likeness (QED) is 0.577. The van der Waals surface area contributed by atoms with Crippen LogP contribution in [-0.2, 0) is 25.5 Å². The smallest absolute Gasteiger partial charge is 0.328 e. The lowest BCUT2D eigenvalue weighted by molar-refractivity contribution is -0.145. The first-order valence-electron chi connectivity index (χ1n) is 9.95. The van der Waals surface area contributed by atoms with Crippen LogP contribution in [0.5, 0.6) is 0 Å². The third-order valence-corrected chi connectivity index (χ3v) is 5.79. The summed E-state index contributed by atoms with van der Waals surface area (Å²) in [4.78, 5) is 42.5. The van der Waals surface area contributed by atoms with Crippen LogP contribution in [0.4, 0.5) is 5.69 Å². The van der Waals surface area contributed by atoms with Crippen LogP contribution in [0.25, 0.3) is 10.9 Å². The number of amides is 2. The van der Waals surface area contributed by atoms with Gasteiger partial charge < -0.3 is 19.9 Å². The number of para-hydroxylation sites is 1. The number of hydrogen-bond donors (Lipinski definition) is 2. The summed E-state index contributed by atoms with van der Waals surface area (Å²) in [5, 5.41) is 4.34. The van der Waals surface area contributed by atoms with E-state index in [1.165, 1.54) is 7.11 Å². The molecule has 31 heavy (non-hydrogen) atoms. The molecule has 2 amide bonds. The van der Waals surface area contributed by atoms with Crippen LogP contribution >= 0.6 is 11.6 Å². The molecular formula is C23H22ClN3O4. The number of esters is 1. The van der Waals surface area contributed by atoms with Gasteiger partial charge in [-0.1, -0.05) is 29.8 Å². The summed E-state index contributed by atoms with van der Waals surface area (Å²) in [6, 6.07) is 13.8. The average Bonchev–Trinajstić information content (AvgIpc) is 3.37. The number of aromatic nitrogens is 1. The molecule has 2 heterocycles. The van der Waals surface area contributed by atoms with Gasteiger partial charge in [-0.25, -0.2) is 4.79 Å². The Morgan fingerprint density at radius 3 is 2.71 bits per heavy atom. The van der Waals surface area contributed by atoms with Gasteiger partial charge in [0.2, 0.25) is 11.8 Å². The normalized spacial score (nSPS) is 17.0. The molecule has 2 aromatic carbocycles. The molecule has 1 aliphatic rings. The van der Waals surface area contributed by atoms with E-state index in [0.717, 1.165) is 16.5 Å². The van der Waals surface area contributed by atoms with Gasteiger partial charge in [0.15, 0.2) is 0 Å². The van der Waals surface area contributed by atoms with Crippen molar-refractivity contribution in [2.24, 2.45) is 5.92 Å². The molecule has 7 nitrogen and oxygen atoms in total. The molecule has 0 saturated carbocycles. The number of carbonyl (C=O) groups excluding carboxylic acids is 3. The van der Waals surface area contributed by atoms with Gasteiger partial charge in [0.05, 0.1) is 13.0 Å². The molecule has 1 aliphatic heterocycles. The lowest BCUT2D eigenvalue weighted by Crippen LogP contribution is -2.46. The summed E-state index contributed by atoms with van der Waals surface area (Å²) >= 11 is 5.92. The summed E-state index contributed by atoms with van der Waals surface area (Å²) in [6.45, 7) is 0.243. The van der Waals surface area contributed by atoms with E-state index in [9.17, 15) is 14.4 Å². The van der Waals surface area contributed by atoms with Crippen molar-refractivity contribution in [3.05, 3.63) is 65.3 Å². The Kier molecular flexibility index (Phi) is 5.95. The first-order chi connectivity index (χ1) is 15.0. The molecule has 1 fully saturated rings. The zero-order valence-corrected chi connectivity index (χ0v) is 17.7. The summed E-state index contributed by atoms with van der Waals surface area (Å²) in [6.07, 6.45) is 2.19. The van der Waals surface area contributed by atoms with Crippen LogP contribution in [-0.4, -0.2) is 42.5 Å². The molecule has 2 atom stereocenters. The van der Waals surface area contributed by atoms with Gasteiger partial charge in [-0.2, -0.15) is 0 Å². The number of H-pyrrole nitrogens is 1. The van der Waals surface area contributed by atoms with Gasteiger partial charge >= 0.3 is 5.97 Å². The second-order valence-electron chi connectivity index (χ2n) is 7.53. The number of nitrogens with one attached hydrogen (secondary N) is 2. The molecule has 0 bridgehead atoms. The standard InChI is InChI=1S/C23H22ClN3O4/c1-31-23(30)20(10-14-12-25-19-5-3-2-4-18(14)19)26-22(29)15-11-21(28)27(13-15)17-8-6-16(24)7-9-17/h2-9,12,15,20,25H,10-11,13H2,1H3,(H,26,29)/t15-,20-/m0/s1. The number of carbonyl (C=O) groups is 3. The fraction of sp³-hybridized carbons (Fsp3) is 0.261. The van der Waals surface area contributed by atoms with Crippen molar-refractivity contribution < 1.29 is 19.1 Å². The topological polar surface area (TPSA) is 91.5 Å². The van der Waals surface area contributed by atoms with E-state index in [2.05, 4.69) is 10.3 Å². The van der Waals surface area contributed by atoms with E-state index in [-0.39, 0.29) is 31.2 Å². The van der Waals surface area contributed by atoms with Gasteiger partial charge in [0, 0.05) is 47.2 Å². The van der Waals surface area contributed by atoms with Crippen LogP contribution < -0.4 is 10.2 Å². The predicted molar refractivity (Wildman–Crippen MR) is 118 cm³/mol.